The first kappa shape index (κ1) is 11.5. The molecule has 1 saturated heterocycles. The molecule has 1 atom stereocenters. The molecule has 1 N–H and O–H groups in total. The smallest absolute Gasteiger partial charge is 0.264 e. The second kappa shape index (κ2) is 4.47. The van der Waals surface area contributed by atoms with E-state index in [4.69, 9.17) is 4.74 Å². The standard InChI is InChI=1S/C10H15N3O2S/c1-10(2)5-7(3-4-15-10)12-9(14)8-6-11-13-16-8/h6-7H,3-5H2,1-2H3,(H,12,14). The molecule has 1 aromatic rings. The second-order valence-corrected chi connectivity index (χ2v) is 5.34. The number of hydrogen-bond donors (Lipinski definition) is 1. The SMILES string of the molecule is CC1(C)CC(NC(=O)c2cnns2)CCO1. The van der Waals surface area contributed by atoms with Crippen LogP contribution in [-0.2, 0) is 4.74 Å². The quantitative estimate of drug-likeness (QED) is 0.845. The van der Waals surface area contributed by atoms with E-state index in [0.29, 0.717) is 11.5 Å². The second-order valence-electron chi connectivity index (χ2n) is 4.55. The van der Waals surface area contributed by atoms with Crippen molar-refractivity contribution in [2.24, 2.45) is 0 Å². The highest BCUT2D eigenvalue weighted by atomic mass is 32.1. The van der Waals surface area contributed by atoms with Gasteiger partial charge in [0.25, 0.3) is 5.91 Å². The van der Waals surface area contributed by atoms with Gasteiger partial charge >= 0.3 is 0 Å². The zero-order valence-corrected chi connectivity index (χ0v) is 10.2. The summed E-state index contributed by atoms with van der Waals surface area (Å²) in [5.41, 5.74) is -0.151. The maximum absolute atomic E-state index is 11.8. The minimum atomic E-state index is -0.151. The number of hydrogen-bond acceptors (Lipinski definition) is 5. The molecule has 2 rings (SSSR count). The molecule has 1 aliphatic heterocycles. The zero-order valence-electron chi connectivity index (χ0n) is 9.40. The molecule has 1 aromatic heterocycles. The van der Waals surface area contributed by atoms with E-state index in [-0.39, 0.29) is 17.6 Å². The summed E-state index contributed by atoms with van der Waals surface area (Å²) in [6, 6.07) is 0.179. The van der Waals surface area contributed by atoms with Crippen molar-refractivity contribution >= 4 is 17.4 Å². The molecule has 0 bridgehead atoms. The predicted octanol–water partition coefficient (Wildman–Crippen LogP) is 1.23. The molecule has 0 spiro atoms. The normalized spacial score (nSPS) is 24.0. The van der Waals surface area contributed by atoms with Gasteiger partial charge in [0.2, 0.25) is 0 Å². The number of ether oxygens (including phenoxy) is 1. The summed E-state index contributed by atoms with van der Waals surface area (Å²) in [6.07, 6.45) is 3.19. The van der Waals surface area contributed by atoms with E-state index in [9.17, 15) is 4.79 Å². The lowest BCUT2D eigenvalue weighted by Crippen LogP contribution is -2.45. The fraction of sp³-hybridized carbons (Fsp3) is 0.700. The third kappa shape index (κ3) is 2.76. The summed E-state index contributed by atoms with van der Waals surface area (Å²) >= 11 is 1.12. The molecule has 0 aliphatic carbocycles. The Balaban J connectivity index is 1.92. The number of carbonyl (C=O) groups excluding carboxylic acids is 1. The maximum atomic E-state index is 11.8. The van der Waals surface area contributed by atoms with Crippen molar-refractivity contribution in [3.8, 4) is 0 Å². The summed E-state index contributed by atoms with van der Waals surface area (Å²) in [6.45, 7) is 4.78. The van der Waals surface area contributed by atoms with Crippen LogP contribution in [0.5, 0.6) is 0 Å². The van der Waals surface area contributed by atoms with Gasteiger partial charge in [-0.05, 0) is 38.2 Å². The molecule has 1 amide bonds. The highest BCUT2D eigenvalue weighted by Crippen LogP contribution is 2.24. The van der Waals surface area contributed by atoms with Gasteiger partial charge in [-0.2, -0.15) is 0 Å². The minimum Gasteiger partial charge on any atom is -0.375 e. The Morgan fingerprint density at radius 1 is 1.69 bits per heavy atom. The lowest BCUT2D eigenvalue weighted by Gasteiger charge is -2.35. The molecule has 0 saturated carbocycles. The van der Waals surface area contributed by atoms with E-state index in [2.05, 4.69) is 14.9 Å². The fourth-order valence-corrected chi connectivity index (χ4v) is 2.30. The Morgan fingerprint density at radius 2 is 2.50 bits per heavy atom. The molecule has 1 fully saturated rings. The summed E-state index contributed by atoms with van der Waals surface area (Å²) < 4.78 is 9.27. The van der Waals surface area contributed by atoms with Crippen molar-refractivity contribution in [1.29, 1.82) is 0 Å². The number of aromatic nitrogens is 2. The molecule has 88 valence electrons. The first-order valence-electron chi connectivity index (χ1n) is 5.29. The minimum absolute atomic E-state index is 0.0855. The van der Waals surface area contributed by atoms with Crippen LogP contribution in [0.25, 0.3) is 0 Å². The van der Waals surface area contributed by atoms with Crippen LogP contribution in [0.4, 0.5) is 0 Å². The van der Waals surface area contributed by atoms with Crippen molar-refractivity contribution in [3.63, 3.8) is 0 Å². The molecule has 0 aromatic carbocycles. The van der Waals surface area contributed by atoms with Gasteiger partial charge in [-0.15, -0.1) is 5.10 Å². The topological polar surface area (TPSA) is 64.1 Å². The van der Waals surface area contributed by atoms with Crippen molar-refractivity contribution in [3.05, 3.63) is 11.1 Å². The van der Waals surface area contributed by atoms with Crippen LogP contribution in [0, 0.1) is 0 Å². The van der Waals surface area contributed by atoms with E-state index < -0.39 is 0 Å². The van der Waals surface area contributed by atoms with E-state index >= 15 is 0 Å². The molecule has 2 heterocycles. The van der Waals surface area contributed by atoms with Gasteiger partial charge in [0.1, 0.15) is 4.88 Å². The van der Waals surface area contributed by atoms with Crippen LogP contribution >= 0.6 is 11.5 Å². The fourth-order valence-electron chi connectivity index (χ4n) is 1.88. The van der Waals surface area contributed by atoms with E-state index in [0.717, 1.165) is 24.4 Å². The average Bonchev–Trinajstić information content (AvgIpc) is 2.68. The highest BCUT2D eigenvalue weighted by molar-refractivity contribution is 7.07. The van der Waals surface area contributed by atoms with Gasteiger partial charge in [-0.3, -0.25) is 4.79 Å². The molecular weight excluding hydrogens is 226 g/mol. The molecule has 6 heteroatoms. The Labute approximate surface area is 98.4 Å². The third-order valence-corrected chi connectivity index (χ3v) is 3.28. The summed E-state index contributed by atoms with van der Waals surface area (Å²) in [7, 11) is 0. The summed E-state index contributed by atoms with van der Waals surface area (Å²) in [5.74, 6) is -0.0855. The van der Waals surface area contributed by atoms with Crippen molar-refractivity contribution < 1.29 is 9.53 Å². The van der Waals surface area contributed by atoms with Crippen LogP contribution < -0.4 is 5.32 Å². The van der Waals surface area contributed by atoms with Gasteiger partial charge in [0.05, 0.1) is 11.8 Å². The predicted molar refractivity (Wildman–Crippen MR) is 60.4 cm³/mol. The van der Waals surface area contributed by atoms with Crippen molar-refractivity contribution in [2.45, 2.75) is 38.3 Å². The van der Waals surface area contributed by atoms with Gasteiger partial charge < -0.3 is 10.1 Å². The number of carbonyl (C=O) groups is 1. The van der Waals surface area contributed by atoms with Crippen LogP contribution in [0.3, 0.4) is 0 Å². The van der Waals surface area contributed by atoms with Gasteiger partial charge in [0, 0.05) is 12.6 Å². The monoisotopic (exact) mass is 241 g/mol. The lowest BCUT2D eigenvalue weighted by atomic mass is 9.94. The highest BCUT2D eigenvalue weighted by Gasteiger charge is 2.29. The molecule has 5 nitrogen and oxygen atoms in total. The van der Waals surface area contributed by atoms with Crippen LogP contribution in [-0.4, -0.2) is 33.7 Å². The Hall–Kier alpha value is -1.01. The largest absolute Gasteiger partial charge is 0.375 e. The molecule has 1 unspecified atom stereocenters. The maximum Gasteiger partial charge on any atom is 0.264 e. The number of nitrogens with one attached hydrogen (secondary N) is 1. The Morgan fingerprint density at radius 3 is 3.12 bits per heavy atom. The molecule has 0 radical (unpaired) electrons. The van der Waals surface area contributed by atoms with E-state index in [1.54, 1.807) is 0 Å². The Bertz CT molecular complexity index is 364. The number of rotatable bonds is 2. The third-order valence-electron chi connectivity index (χ3n) is 2.62. The Kier molecular flexibility index (Phi) is 3.20. The van der Waals surface area contributed by atoms with E-state index in [1.165, 1.54) is 6.20 Å². The molecule has 16 heavy (non-hydrogen) atoms. The number of nitrogens with zero attached hydrogens (tertiary/aromatic N) is 2. The molecule has 1 aliphatic rings. The van der Waals surface area contributed by atoms with Gasteiger partial charge in [-0.1, -0.05) is 4.49 Å². The molecular formula is C10H15N3O2S. The zero-order chi connectivity index (χ0) is 11.6. The summed E-state index contributed by atoms with van der Waals surface area (Å²) in [4.78, 5) is 12.3. The summed E-state index contributed by atoms with van der Waals surface area (Å²) in [5, 5.41) is 6.64. The number of amides is 1. The van der Waals surface area contributed by atoms with Gasteiger partial charge in [0.15, 0.2) is 0 Å². The first-order valence-corrected chi connectivity index (χ1v) is 6.06. The first-order chi connectivity index (χ1) is 7.57. The van der Waals surface area contributed by atoms with E-state index in [1.807, 2.05) is 13.8 Å². The van der Waals surface area contributed by atoms with Crippen molar-refractivity contribution in [1.82, 2.24) is 14.9 Å². The lowest BCUT2D eigenvalue weighted by molar-refractivity contribution is -0.0615. The van der Waals surface area contributed by atoms with Crippen LogP contribution in [0.1, 0.15) is 36.4 Å². The average molecular weight is 241 g/mol. The van der Waals surface area contributed by atoms with Crippen LogP contribution in [0.2, 0.25) is 0 Å². The van der Waals surface area contributed by atoms with Gasteiger partial charge in [-0.25, -0.2) is 0 Å². The van der Waals surface area contributed by atoms with Crippen molar-refractivity contribution in [2.75, 3.05) is 6.61 Å². The van der Waals surface area contributed by atoms with Crippen LogP contribution in [0.15, 0.2) is 6.20 Å².